The summed E-state index contributed by atoms with van der Waals surface area (Å²) >= 11 is 0. The van der Waals surface area contributed by atoms with Gasteiger partial charge in [-0.05, 0) is 38.1 Å². The van der Waals surface area contributed by atoms with Gasteiger partial charge in [-0.1, -0.05) is 0 Å². The van der Waals surface area contributed by atoms with Crippen LogP contribution in [-0.4, -0.2) is 19.9 Å². The van der Waals surface area contributed by atoms with Crippen LogP contribution in [0, 0.1) is 19.7 Å². The van der Waals surface area contributed by atoms with Gasteiger partial charge in [-0.3, -0.25) is 9.69 Å². The molecular weight excluding hydrogens is 323 g/mol. The number of halogens is 1. The average Bonchev–Trinajstić information content (AvgIpc) is 3.12. The van der Waals surface area contributed by atoms with Gasteiger partial charge in [0.1, 0.15) is 17.4 Å². The molecule has 0 amide bonds. The molecule has 1 aliphatic heterocycles. The minimum Gasteiger partial charge on any atom is -0.441 e. The highest BCUT2D eigenvalue weighted by atomic mass is 19.1. The molecule has 0 aliphatic carbocycles. The van der Waals surface area contributed by atoms with E-state index in [0.29, 0.717) is 42.7 Å². The topological polar surface area (TPSA) is 75.0 Å². The standard InChI is InChI=1S/C18H17FN4O2/c1-10-15(22-18(25-10)12-3-5-13(19)6-4-12)8-23-7-14-16(9-23)20-11(2)21-17(14)24/h3-6H,7-9H2,1-2H3,(H,20,21,24). The molecule has 0 bridgehead atoms. The van der Waals surface area contributed by atoms with Crippen molar-refractivity contribution in [1.29, 1.82) is 0 Å². The van der Waals surface area contributed by atoms with Gasteiger partial charge in [0, 0.05) is 25.2 Å². The number of rotatable bonds is 3. The summed E-state index contributed by atoms with van der Waals surface area (Å²) in [6.07, 6.45) is 0. The summed E-state index contributed by atoms with van der Waals surface area (Å²) in [7, 11) is 0. The van der Waals surface area contributed by atoms with Crippen molar-refractivity contribution in [3.8, 4) is 11.5 Å². The Morgan fingerprint density at radius 2 is 1.96 bits per heavy atom. The van der Waals surface area contributed by atoms with Gasteiger partial charge in [-0.25, -0.2) is 14.4 Å². The number of H-pyrrole nitrogens is 1. The van der Waals surface area contributed by atoms with Crippen molar-refractivity contribution in [1.82, 2.24) is 19.9 Å². The number of oxazole rings is 1. The molecule has 1 aromatic carbocycles. The Labute approximate surface area is 143 Å². The van der Waals surface area contributed by atoms with Gasteiger partial charge in [-0.15, -0.1) is 0 Å². The maximum absolute atomic E-state index is 13.1. The number of hydrogen-bond donors (Lipinski definition) is 1. The molecule has 0 spiro atoms. The summed E-state index contributed by atoms with van der Waals surface area (Å²) in [5.74, 6) is 1.52. The van der Waals surface area contributed by atoms with Crippen molar-refractivity contribution in [3.05, 3.63) is 69.0 Å². The van der Waals surface area contributed by atoms with E-state index in [-0.39, 0.29) is 11.4 Å². The van der Waals surface area contributed by atoms with E-state index < -0.39 is 0 Å². The van der Waals surface area contributed by atoms with E-state index in [1.807, 2.05) is 6.92 Å². The van der Waals surface area contributed by atoms with Crippen LogP contribution >= 0.6 is 0 Å². The number of benzene rings is 1. The molecule has 0 unspecified atom stereocenters. The van der Waals surface area contributed by atoms with Crippen LogP contribution in [0.15, 0.2) is 33.5 Å². The molecule has 6 nitrogen and oxygen atoms in total. The zero-order chi connectivity index (χ0) is 17.6. The summed E-state index contributed by atoms with van der Waals surface area (Å²) in [5, 5.41) is 0. The van der Waals surface area contributed by atoms with Gasteiger partial charge in [0.2, 0.25) is 5.89 Å². The molecule has 7 heteroatoms. The van der Waals surface area contributed by atoms with Gasteiger partial charge in [0.05, 0.1) is 17.0 Å². The third-order valence-electron chi connectivity index (χ3n) is 4.33. The summed E-state index contributed by atoms with van der Waals surface area (Å²) in [6.45, 7) is 5.34. The summed E-state index contributed by atoms with van der Waals surface area (Å²) in [4.78, 5) is 25.8. The highest BCUT2D eigenvalue weighted by Crippen LogP contribution is 2.25. The van der Waals surface area contributed by atoms with Crippen molar-refractivity contribution < 1.29 is 8.81 Å². The molecule has 1 N–H and O–H groups in total. The van der Waals surface area contributed by atoms with E-state index in [4.69, 9.17) is 4.42 Å². The van der Waals surface area contributed by atoms with Crippen molar-refractivity contribution in [3.63, 3.8) is 0 Å². The number of nitrogens with one attached hydrogen (secondary N) is 1. The number of hydrogen-bond acceptors (Lipinski definition) is 5. The molecule has 0 radical (unpaired) electrons. The van der Waals surface area contributed by atoms with Crippen LogP contribution in [0.3, 0.4) is 0 Å². The first-order chi connectivity index (χ1) is 12.0. The summed E-state index contributed by atoms with van der Waals surface area (Å²) in [6, 6.07) is 6.04. The summed E-state index contributed by atoms with van der Waals surface area (Å²) in [5.41, 5.74) is 3.00. The molecule has 2 aromatic heterocycles. The van der Waals surface area contributed by atoms with Crippen LogP contribution < -0.4 is 5.56 Å². The second-order valence-electron chi connectivity index (χ2n) is 6.25. The molecule has 0 atom stereocenters. The first-order valence-corrected chi connectivity index (χ1v) is 8.03. The van der Waals surface area contributed by atoms with Gasteiger partial charge in [-0.2, -0.15) is 0 Å². The SMILES string of the molecule is Cc1nc2c(c(=O)[nH]1)CN(Cc1nc(-c3ccc(F)cc3)oc1C)C2. The average molecular weight is 340 g/mol. The number of aryl methyl sites for hydroxylation is 2. The third kappa shape index (κ3) is 2.98. The largest absolute Gasteiger partial charge is 0.441 e. The molecule has 3 aromatic rings. The Bertz CT molecular complexity index is 991. The Kier molecular flexibility index (Phi) is 3.73. The van der Waals surface area contributed by atoms with E-state index in [1.165, 1.54) is 12.1 Å². The lowest BCUT2D eigenvalue weighted by molar-refractivity contribution is 0.269. The zero-order valence-electron chi connectivity index (χ0n) is 14.0. The molecule has 0 saturated heterocycles. The second-order valence-corrected chi connectivity index (χ2v) is 6.25. The van der Waals surface area contributed by atoms with Crippen molar-refractivity contribution in [2.75, 3.05) is 0 Å². The molecule has 0 fully saturated rings. The van der Waals surface area contributed by atoms with Gasteiger partial charge in [0.15, 0.2) is 0 Å². The molecule has 128 valence electrons. The second kappa shape index (κ2) is 5.93. The first-order valence-electron chi connectivity index (χ1n) is 8.03. The normalized spacial score (nSPS) is 14.0. The van der Waals surface area contributed by atoms with Crippen LogP contribution in [0.1, 0.15) is 28.5 Å². The minimum absolute atomic E-state index is 0.0751. The van der Waals surface area contributed by atoms with Crippen LogP contribution in [-0.2, 0) is 19.6 Å². The number of aromatic amines is 1. The molecular formula is C18H17FN4O2. The predicted octanol–water partition coefficient (Wildman–Crippen LogP) is 2.70. The molecule has 1 aliphatic rings. The monoisotopic (exact) mass is 340 g/mol. The highest BCUT2D eigenvalue weighted by molar-refractivity contribution is 5.53. The van der Waals surface area contributed by atoms with Gasteiger partial charge < -0.3 is 9.40 Å². The molecule has 3 heterocycles. The maximum Gasteiger partial charge on any atom is 0.255 e. The molecule has 4 rings (SSSR count). The van der Waals surface area contributed by atoms with Gasteiger partial charge in [0.25, 0.3) is 5.56 Å². The van der Waals surface area contributed by atoms with Crippen LogP contribution in [0.2, 0.25) is 0 Å². The van der Waals surface area contributed by atoms with Crippen LogP contribution in [0.25, 0.3) is 11.5 Å². The summed E-state index contributed by atoms with van der Waals surface area (Å²) < 4.78 is 18.8. The van der Waals surface area contributed by atoms with Crippen molar-refractivity contribution in [2.45, 2.75) is 33.5 Å². The quantitative estimate of drug-likeness (QED) is 0.793. The zero-order valence-corrected chi connectivity index (χ0v) is 14.0. The molecule has 25 heavy (non-hydrogen) atoms. The number of fused-ring (bicyclic) bond motifs is 1. The Hall–Kier alpha value is -2.80. The lowest BCUT2D eigenvalue weighted by Crippen LogP contribution is -2.19. The van der Waals surface area contributed by atoms with E-state index in [2.05, 4.69) is 19.9 Å². The number of aromatic nitrogens is 3. The Morgan fingerprint density at radius 3 is 2.72 bits per heavy atom. The minimum atomic E-state index is -0.296. The molecule has 0 saturated carbocycles. The predicted molar refractivity (Wildman–Crippen MR) is 89.2 cm³/mol. The van der Waals surface area contributed by atoms with Crippen LogP contribution in [0.4, 0.5) is 4.39 Å². The van der Waals surface area contributed by atoms with E-state index >= 15 is 0 Å². The van der Waals surface area contributed by atoms with E-state index in [1.54, 1.807) is 19.1 Å². The maximum atomic E-state index is 13.1. The van der Waals surface area contributed by atoms with Gasteiger partial charge >= 0.3 is 0 Å². The fourth-order valence-corrected chi connectivity index (χ4v) is 3.07. The lowest BCUT2D eigenvalue weighted by Gasteiger charge is -2.12. The first kappa shape index (κ1) is 15.7. The van der Waals surface area contributed by atoms with Crippen molar-refractivity contribution in [2.24, 2.45) is 0 Å². The fraction of sp³-hybridized carbons (Fsp3) is 0.278. The lowest BCUT2D eigenvalue weighted by atomic mass is 10.2. The smallest absolute Gasteiger partial charge is 0.255 e. The fourth-order valence-electron chi connectivity index (χ4n) is 3.07. The Balaban J connectivity index is 1.55. The highest BCUT2D eigenvalue weighted by Gasteiger charge is 2.25. The van der Waals surface area contributed by atoms with E-state index in [0.717, 1.165) is 17.0 Å². The number of nitrogens with zero attached hydrogens (tertiary/aromatic N) is 3. The van der Waals surface area contributed by atoms with Crippen LogP contribution in [0.5, 0.6) is 0 Å². The van der Waals surface area contributed by atoms with Crippen molar-refractivity contribution >= 4 is 0 Å². The van der Waals surface area contributed by atoms with E-state index in [9.17, 15) is 9.18 Å². The Morgan fingerprint density at radius 1 is 1.20 bits per heavy atom. The third-order valence-corrected chi connectivity index (χ3v) is 4.33.